The molecule has 0 saturated heterocycles. The molecule has 1 aliphatic rings. The van der Waals surface area contributed by atoms with Crippen LogP contribution in [0.4, 0.5) is 17.3 Å². The lowest BCUT2D eigenvalue weighted by atomic mass is 9.93. The zero-order valence-corrected chi connectivity index (χ0v) is 18.2. The monoisotopic (exact) mass is 420 g/mol. The van der Waals surface area contributed by atoms with Gasteiger partial charge in [-0.3, -0.25) is 9.88 Å². The lowest BCUT2D eigenvalue weighted by Crippen LogP contribution is -2.13. The van der Waals surface area contributed by atoms with E-state index < -0.39 is 0 Å². The highest BCUT2D eigenvalue weighted by Crippen LogP contribution is 2.39. The van der Waals surface area contributed by atoms with Gasteiger partial charge in [-0.05, 0) is 61.4 Å². The second-order valence-electron chi connectivity index (χ2n) is 7.79. The molecule has 0 aliphatic carbocycles. The summed E-state index contributed by atoms with van der Waals surface area (Å²) in [7, 11) is 0. The van der Waals surface area contributed by atoms with E-state index in [9.17, 15) is 0 Å². The Kier molecular flexibility index (Phi) is 5.42. The Balaban J connectivity index is 1.70. The molecular formula is C26H24N6. The number of hydrogen-bond acceptors (Lipinski definition) is 6. The minimum Gasteiger partial charge on any atom is -0.278 e. The molecule has 0 N–H and O–H groups in total. The Hall–Kier alpha value is -3.93. The van der Waals surface area contributed by atoms with Gasteiger partial charge in [0.2, 0.25) is 0 Å². The Bertz CT molecular complexity index is 1260. The molecule has 1 unspecified atom stereocenters. The van der Waals surface area contributed by atoms with Gasteiger partial charge in [0.25, 0.3) is 0 Å². The minimum absolute atomic E-state index is 0.111. The van der Waals surface area contributed by atoms with Crippen LogP contribution in [0, 0.1) is 0 Å². The first-order valence-electron chi connectivity index (χ1n) is 10.9. The predicted octanol–water partition coefficient (Wildman–Crippen LogP) is 6.86. The maximum atomic E-state index is 4.62. The molecule has 0 saturated carbocycles. The summed E-state index contributed by atoms with van der Waals surface area (Å²) in [5.74, 6) is 1.60. The first-order chi connectivity index (χ1) is 15.8. The average molecular weight is 421 g/mol. The molecule has 32 heavy (non-hydrogen) atoms. The molecule has 0 bridgehead atoms. The molecular weight excluding hydrogens is 396 g/mol. The van der Waals surface area contributed by atoms with Gasteiger partial charge in [0.1, 0.15) is 11.6 Å². The normalized spacial score (nSPS) is 15.5. The van der Waals surface area contributed by atoms with Crippen LogP contribution in [0.1, 0.15) is 32.3 Å². The number of benzene rings is 1. The molecule has 0 fully saturated rings. The molecule has 0 amide bonds. The van der Waals surface area contributed by atoms with Crippen molar-refractivity contribution in [1.82, 2.24) is 15.0 Å². The minimum atomic E-state index is 0.111. The third kappa shape index (κ3) is 3.64. The lowest BCUT2D eigenvalue weighted by molar-refractivity contribution is 0.706. The third-order valence-electron chi connectivity index (χ3n) is 5.66. The summed E-state index contributed by atoms with van der Waals surface area (Å²) in [5.41, 5.74) is 5.21. The third-order valence-corrected chi connectivity index (χ3v) is 5.66. The predicted molar refractivity (Wildman–Crippen MR) is 128 cm³/mol. The number of nitrogens with zero attached hydrogens (tertiary/aromatic N) is 6. The maximum absolute atomic E-state index is 4.62. The van der Waals surface area contributed by atoms with Crippen LogP contribution in [-0.4, -0.2) is 21.0 Å². The molecule has 5 rings (SSSR count). The number of anilines is 3. The van der Waals surface area contributed by atoms with Gasteiger partial charge in [-0.25, -0.2) is 9.97 Å². The fraction of sp³-hybridized carbons (Fsp3) is 0.192. The zero-order valence-electron chi connectivity index (χ0n) is 18.2. The Morgan fingerprint density at radius 1 is 0.844 bits per heavy atom. The van der Waals surface area contributed by atoms with Gasteiger partial charge < -0.3 is 0 Å². The van der Waals surface area contributed by atoms with Crippen LogP contribution in [0.25, 0.3) is 16.5 Å². The van der Waals surface area contributed by atoms with Gasteiger partial charge in [-0.15, -0.1) is 0 Å². The van der Waals surface area contributed by atoms with E-state index in [0.29, 0.717) is 0 Å². The quantitative estimate of drug-likeness (QED) is 0.342. The van der Waals surface area contributed by atoms with Gasteiger partial charge in [-0.1, -0.05) is 31.5 Å². The van der Waals surface area contributed by atoms with Crippen molar-refractivity contribution in [2.45, 2.75) is 32.7 Å². The Labute approximate surface area is 187 Å². The summed E-state index contributed by atoms with van der Waals surface area (Å²) in [6, 6.07) is 20.3. The number of allylic oxidation sites excluding steroid dienone is 1. The van der Waals surface area contributed by atoms with E-state index in [4.69, 9.17) is 0 Å². The molecule has 6 heteroatoms. The van der Waals surface area contributed by atoms with Gasteiger partial charge in [0, 0.05) is 29.5 Å². The number of pyridine rings is 3. The van der Waals surface area contributed by atoms with Crippen molar-refractivity contribution in [2.24, 2.45) is 10.2 Å². The molecule has 0 radical (unpaired) electrons. The molecule has 3 aromatic heterocycles. The molecule has 6 nitrogen and oxygen atoms in total. The van der Waals surface area contributed by atoms with Gasteiger partial charge >= 0.3 is 0 Å². The van der Waals surface area contributed by atoms with Gasteiger partial charge in [0.05, 0.1) is 22.9 Å². The number of hydrogen-bond donors (Lipinski definition) is 0. The van der Waals surface area contributed by atoms with Crippen LogP contribution in [0.3, 0.4) is 0 Å². The zero-order chi connectivity index (χ0) is 21.9. The fourth-order valence-electron chi connectivity index (χ4n) is 4.22. The van der Waals surface area contributed by atoms with E-state index in [1.165, 1.54) is 5.57 Å². The van der Waals surface area contributed by atoms with E-state index in [2.05, 4.69) is 55.2 Å². The largest absolute Gasteiger partial charge is 0.278 e. The van der Waals surface area contributed by atoms with Crippen LogP contribution in [0.2, 0.25) is 0 Å². The summed E-state index contributed by atoms with van der Waals surface area (Å²) in [6.45, 7) is 4.22. The second-order valence-corrected chi connectivity index (χ2v) is 7.79. The van der Waals surface area contributed by atoms with Crippen LogP contribution in [0.5, 0.6) is 0 Å². The van der Waals surface area contributed by atoms with E-state index >= 15 is 0 Å². The van der Waals surface area contributed by atoms with Crippen LogP contribution >= 0.6 is 0 Å². The highest BCUT2D eigenvalue weighted by molar-refractivity contribution is 5.98. The van der Waals surface area contributed by atoms with Crippen LogP contribution in [-0.2, 0) is 0 Å². The Morgan fingerprint density at radius 2 is 1.59 bits per heavy atom. The summed E-state index contributed by atoms with van der Waals surface area (Å²) >= 11 is 0. The van der Waals surface area contributed by atoms with Crippen molar-refractivity contribution in [1.29, 1.82) is 0 Å². The first kappa shape index (κ1) is 20.0. The number of fused-ring (bicyclic) bond motifs is 1. The van der Waals surface area contributed by atoms with Crippen molar-refractivity contribution in [2.75, 3.05) is 4.90 Å². The second kappa shape index (κ2) is 8.67. The molecule has 1 aliphatic heterocycles. The average Bonchev–Trinajstić information content (AvgIpc) is 3.21. The van der Waals surface area contributed by atoms with Crippen molar-refractivity contribution < 1.29 is 0 Å². The fourth-order valence-corrected chi connectivity index (χ4v) is 4.22. The number of rotatable bonds is 6. The van der Waals surface area contributed by atoms with Crippen molar-refractivity contribution >= 4 is 33.8 Å². The van der Waals surface area contributed by atoms with E-state index in [1.807, 2.05) is 55.6 Å². The molecule has 4 heterocycles. The van der Waals surface area contributed by atoms with Crippen LogP contribution < -0.4 is 4.90 Å². The SMILES string of the molecule is CCCC1N=NC(C)=C1c1ccc2nccc(N(c3ccccn3)c3ccccn3)c2c1. The summed E-state index contributed by atoms with van der Waals surface area (Å²) in [4.78, 5) is 15.9. The van der Waals surface area contributed by atoms with Crippen molar-refractivity contribution in [3.8, 4) is 0 Å². The molecule has 1 atom stereocenters. The maximum Gasteiger partial charge on any atom is 0.138 e. The molecule has 4 aromatic rings. The topological polar surface area (TPSA) is 66.6 Å². The summed E-state index contributed by atoms with van der Waals surface area (Å²) in [5, 5.41) is 9.92. The smallest absolute Gasteiger partial charge is 0.138 e. The van der Waals surface area contributed by atoms with Gasteiger partial charge in [0.15, 0.2) is 0 Å². The highest BCUT2D eigenvalue weighted by Gasteiger charge is 2.24. The Morgan fingerprint density at radius 3 is 2.25 bits per heavy atom. The van der Waals surface area contributed by atoms with Crippen molar-refractivity contribution in [3.05, 3.63) is 90.5 Å². The van der Waals surface area contributed by atoms with E-state index in [1.54, 1.807) is 12.4 Å². The van der Waals surface area contributed by atoms with Crippen molar-refractivity contribution in [3.63, 3.8) is 0 Å². The molecule has 0 spiro atoms. The van der Waals surface area contributed by atoms with E-state index in [0.717, 1.165) is 52.3 Å². The highest BCUT2D eigenvalue weighted by atomic mass is 15.2. The molecule has 158 valence electrons. The van der Waals surface area contributed by atoms with E-state index in [-0.39, 0.29) is 6.04 Å². The number of azo groups is 1. The first-order valence-corrected chi connectivity index (χ1v) is 10.9. The van der Waals surface area contributed by atoms with Crippen LogP contribution in [0.15, 0.2) is 95.2 Å². The standard InChI is InChI=1S/C26H24N6/c1-3-8-22-26(18(2)30-31-22)19-11-12-21-20(17-19)23(13-16-27-21)32(24-9-4-6-14-28-24)25-10-5-7-15-29-25/h4-7,9-17,22H,3,8H2,1-2H3. The van der Waals surface area contributed by atoms with Gasteiger partial charge in [-0.2, -0.15) is 10.2 Å². The summed E-state index contributed by atoms with van der Waals surface area (Å²) < 4.78 is 0. The lowest BCUT2D eigenvalue weighted by Gasteiger charge is -2.24. The summed E-state index contributed by atoms with van der Waals surface area (Å²) in [6.07, 6.45) is 7.48. The molecule has 1 aromatic carbocycles. The number of aromatic nitrogens is 3.